The van der Waals surface area contributed by atoms with E-state index in [2.05, 4.69) is 6.58 Å². The number of ketones is 1. The lowest BCUT2D eigenvalue weighted by Gasteiger charge is -2.39. The molecule has 0 unspecified atom stereocenters. The van der Waals surface area contributed by atoms with Gasteiger partial charge in [-0.2, -0.15) is 0 Å². The van der Waals surface area contributed by atoms with Crippen molar-refractivity contribution in [3.63, 3.8) is 0 Å². The van der Waals surface area contributed by atoms with Crippen molar-refractivity contribution in [3.05, 3.63) is 12.2 Å². The standard InChI is InChI=1S/C11H16O5/c1-5(2)11(16)7(9(13)14)6(3)8(12)10(11,4)15/h5,7,15-16H,3H2,1-2,4H3,(H,13,14)/t7-,10+,11-/m0/s1. The van der Waals surface area contributed by atoms with Gasteiger partial charge in [0.1, 0.15) is 11.5 Å². The van der Waals surface area contributed by atoms with Crippen molar-refractivity contribution in [1.82, 2.24) is 0 Å². The molecule has 0 aromatic carbocycles. The van der Waals surface area contributed by atoms with E-state index in [0.717, 1.165) is 6.92 Å². The van der Waals surface area contributed by atoms with E-state index in [0.29, 0.717) is 0 Å². The van der Waals surface area contributed by atoms with E-state index in [4.69, 9.17) is 5.11 Å². The molecule has 0 amide bonds. The molecular weight excluding hydrogens is 212 g/mol. The fraction of sp³-hybridized carbons (Fsp3) is 0.636. The monoisotopic (exact) mass is 228 g/mol. The average molecular weight is 228 g/mol. The zero-order valence-corrected chi connectivity index (χ0v) is 9.52. The summed E-state index contributed by atoms with van der Waals surface area (Å²) in [5.41, 5.74) is -4.39. The highest BCUT2D eigenvalue weighted by molar-refractivity contribution is 6.10. The first-order valence-electron chi connectivity index (χ1n) is 4.99. The third kappa shape index (κ3) is 1.25. The minimum atomic E-state index is -2.11. The summed E-state index contributed by atoms with van der Waals surface area (Å²) in [4.78, 5) is 22.8. The van der Waals surface area contributed by atoms with E-state index in [-0.39, 0.29) is 5.57 Å². The third-order valence-electron chi connectivity index (χ3n) is 3.43. The summed E-state index contributed by atoms with van der Waals surface area (Å²) in [6.45, 7) is 7.59. The number of aliphatic carboxylic acids is 1. The molecule has 5 heteroatoms. The molecule has 1 saturated carbocycles. The summed E-state index contributed by atoms with van der Waals surface area (Å²) in [5, 5.41) is 29.4. The Morgan fingerprint density at radius 2 is 1.88 bits per heavy atom. The summed E-state index contributed by atoms with van der Waals surface area (Å²) < 4.78 is 0. The molecule has 0 spiro atoms. The lowest BCUT2D eigenvalue weighted by atomic mass is 9.73. The number of carbonyl (C=O) groups is 2. The molecule has 1 rings (SSSR count). The number of hydrogen-bond donors (Lipinski definition) is 3. The Morgan fingerprint density at radius 1 is 1.44 bits per heavy atom. The second-order valence-corrected chi connectivity index (χ2v) is 4.68. The van der Waals surface area contributed by atoms with Crippen LogP contribution in [0.5, 0.6) is 0 Å². The van der Waals surface area contributed by atoms with Gasteiger partial charge < -0.3 is 15.3 Å². The molecule has 90 valence electrons. The van der Waals surface area contributed by atoms with E-state index >= 15 is 0 Å². The van der Waals surface area contributed by atoms with Crippen LogP contribution in [0.4, 0.5) is 0 Å². The van der Waals surface area contributed by atoms with Crippen molar-refractivity contribution in [1.29, 1.82) is 0 Å². The molecule has 0 heterocycles. The van der Waals surface area contributed by atoms with E-state index < -0.39 is 34.8 Å². The predicted octanol–water partition coefficient (Wildman–Crippen LogP) is -0.0358. The van der Waals surface area contributed by atoms with Gasteiger partial charge in [-0.25, -0.2) is 0 Å². The van der Waals surface area contributed by atoms with Crippen LogP contribution in [-0.2, 0) is 9.59 Å². The SMILES string of the molecule is C=C1C(=O)[C@@](C)(O)[C@](O)(C(C)C)[C@@H]1C(=O)O. The smallest absolute Gasteiger partial charge is 0.314 e. The lowest BCUT2D eigenvalue weighted by molar-refractivity contribution is -0.184. The molecular formula is C11H16O5. The van der Waals surface area contributed by atoms with Crippen molar-refractivity contribution < 1.29 is 24.9 Å². The number of rotatable bonds is 2. The van der Waals surface area contributed by atoms with Gasteiger partial charge in [0, 0.05) is 5.57 Å². The first-order chi connectivity index (χ1) is 7.08. The molecule has 0 aromatic rings. The van der Waals surface area contributed by atoms with Crippen LogP contribution < -0.4 is 0 Å². The molecule has 1 aliphatic carbocycles. The molecule has 0 aromatic heterocycles. The van der Waals surface area contributed by atoms with Gasteiger partial charge in [-0.05, 0) is 12.8 Å². The topological polar surface area (TPSA) is 94.8 Å². The van der Waals surface area contributed by atoms with Crippen LogP contribution in [0.3, 0.4) is 0 Å². The largest absolute Gasteiger partial charge is 0.481 e. The second kappa shape index (κ2) is 3.40. The Bertz CT molecular complexity index is 369. The second-order valence-electron chi connectivity index (χ2n) is 4.68. The zero-order valence-electron chi connectivity index (χ0n) is 9.52. The van der Waals surface area contributed by atoms with Gasteiger partial charge in [-0.3, -0.25) is 9.59 Å². The lowest BCUT2D eigenvalue weighted by Crippen LogP contribution is -2.59. The fourth-order valence-electron chi connectivity index (χ4n) is 2.41. The summed E-state index contributed by atoms with van der Waals surface area (Å²) in [6.07, 6.45) is 0. The van der Waals surface area contributed by atoms with Crippen LogP contribution in [0.25, 0.3) is 0 Å². The zero-order chi connectivity index (χ0) is 12.9. The van der Waals surface area contributed by atoms with E-state index in [9.17, 15) is 19.8 Å². The Kier molecular flexibility index (Phi) is 2.73. The molecule has 1 fully saturated rings. The molecule has 3 N–H and O–H groups in total. The minimum absolute atomic E-state index is 0.256. The van der Waals surface area contributed by atoms with Crippen LogP contribution in [0.1, 0.15) is 20.8 Å². The molecule has 0 bridgehead atoms. The molecule has 5 nitrogen and oxygen atoms in total. The summed E-state index contributed by atoms with van der Waals surface area (Å²) >= 11 is 0. The van der Waals surface area contributed by atoms with Gasteiger partial charge in [-0.15, -0.1) is 0 Å². The highest BCUT2D eigenvalue weighted by atomic mass is 16.4. The Balaban J connectivity index is 3.46. The number of carboxylic acids is 1. The van der Waals surface area contributed by atoms with Crippen molar-refractivity contribution in [2.75, 3.05) is 0 Å². The number of carboxylic acid groups (broad SMARTS) is 1. The van der Waals surface area contributed by atoms with E-state index in [1.807, 2.05) is 0 Å². The van der Waals surface area contributed by atoms with Gasteiger partial charge in [0.15, 0.2) is 11.4 Å². The van der Waals surface area contributed by atoms with E-state index in [1.54, 1.807) is 13.8 Å². The number of hydrogen-bond acceptors (Lipinski definition) is 4. The molecule has 1 aliphatic rings. The van der Waals surface area contributed by atoms with Crippen LogP contribution in [0, 0.1) is 11.8 Å². The summed E-state index contributed by atoms with van der Waals surface area (Å²) in [6, 6.07) is 0. The first kappa shape index (κ1) is 12.9. The molecule has 16 heavy (non-hydrogen) atoms. The highest BCUT2D eigenvalue weighted by Gasteiger charge is 2.67. The van der Waals surface area contributed by atoms with Crippen molar-refractivity contribution in [3.8, 4) is 0 Å². The summed E-state index contributed by atoms with van der Waals surface area (Å²) in [5.74, 6) is -4.22. The number of Topliss-reactive ketones (excluding diaryl/α,β-unsaturated/α-hetero) is 1. The van der Waals surface area contributed by atoms with Crippen molar-refractivity contribution in [2.24, 2.45) is 11.8 Å². The van der Waals surface area contributed by atoms with Crippen molar-refractivity contribution >= 4 is 11.8 Å². The Morgan fingerprint density at radius 3 is 2.12 bits per heavy atom. The first-order valence-corrected chi connectivity index (χ1v) is 4.99. The van der Waals surface area contributed by atoms with Gasteiger partial charge in [0.25, 0.3) is 0 Å². The maximum atomic E-state index is 11.7. The van der Waals surface area contributed by atoms with Crippen LogP contribution in [-0.4, -0.2) is 38.3 Å². The van der Waals surface area contributed by atoms with Crippen molar-refractivity contribution in [2.45, 2.75) is 32.0 Å². The highest BCUT2D eigenvalue weighted by Crippen LogP contribution is 2.48. The van der Waals surface area contributed by atoms with Gasteiger partial charge in [0.05, 0.1) is 0 Å². The van der Waals surface area contributed by atoms with Crippen LogP contribution in [0.15, 0.2) is 12.2 Å². The maximum Gasteiger partial charge on any atom is 0.314 e. The summed E-state index contributed by atoms with van der Waals surface area (Å²) in [7, 11) is 0. The quantitative estimate of drug-likeness (QED) is 0.577. The number of carbonyl (C=O) groups excluding carboxylic acids is 1. The maximum absolute atomic E-state index is 11.7. The normalized spacial score (nSPS) is 39.5. The minimum Gasteiger partial charge on any atom is -0.481 e. The average Bonchev–Trinajstić information content (AvgIpc) is 2.26. The molecule has 0 aliphatic heterocycles. The predicted molar refractivity (Wildman–Crippen MR) is 55.7 cm³/mol. The Hall–Kier alpha value is -1.20. The fourth-order valence-corrected chi connectivity index (χ4v) is 2.41. The van der Waals surface area contributed by atoms with Crippen LogP contribution in [0.2, 0.25) is 0 Å². The van der Waals surface area contributed by atoms with Gasteiger partial charge >= 0.3 is 5.97 Å². The van der Waals surface area contributed by atoms with Crippen LogP contribution >= 0.6 is 0 Å². The van der Waals surface area contributed by atoms with E-state index in [1.165, 1.54) is 0 Å². The third-order valence-corrected chi connectivity index (χ3v) is 3.43. The Labute approximate surface area is 93.4 Å². The van der Waals surface area contributed by atoms with Gasteiger partial charge in [0.2, 0.25) is 0 Å². The molecule has 0 radical (unpaired) electrons. The molecule has 0 saturated heterocycles. The number of aliphatic hydroxyl groups is 2. The van der Waals surface area contributed by atoms with Gasteiger partial charge in [-0.1, -0.05) is 20.4 Å². The molecule has 3 atom stereocenters.